The van der Waals surface area contributed by atoms with Gasteiger partial charge in [-0.3, -0.25) is 19.1 Å². The standard InChI is InChI=1S/C24H27FN6O2S/c1-16(29(2)3)23-27-28-24(31(23)20-10-6-17(25)7-11-20)34-15-21(32)26-18-8-12-19(13-9-18)30-14-4-5-22(30)33/h6-13,16H,4-5,14-15H2,1-3H3,(H,26,32)/t16-/m0/s1. The van der Waals surface area contributed by atoms with Gasteiger partial charge in [0.1, 0.15) is 5.82 Å². The Balaban J connectivity index is 1.45. The summed E-state index contributed by atoms with van der Waals surface area (Å²) in [6.07, 6.45) is 1.44. The number of nitrogens with zero attached hydrogens (tertiary/aromatic N) is 5. The van der Waals surface area contributed by atoms with Gasteiger partial charge >= 0.3 is 0 Å². The van der Waals surface area contributed by atoms with E-state index >= 15 is 0 Å². The SMILES string of the molecule is C[C@@H](c1nnc(SCC(=O)Nc2ccc(N3CCCC3=O)cc2)n1-c1ccc(F)cc1)N(C)C. The predicted octanol–water partition coefficient (Wildman–Crippen LogP) is 3.89. The quantitative estimate of drug-likeness (QED) is 0.491. The minimum atomic E-state index is -0.326. The van der Waals surface area contributed by atoms with Crippen LogP contribution in [0.1, 0.15) is 31.6 Å². The third-order valence-corrected chi connectivity index (χ3v) is 6.69. The van der Waals surface area contributed by atoms with E-state index in [-0.39, 0.29) is 29.4 Å². The maximum atomic E-state index is 13.5. The molecule has 1 atom stereocenters. The smallest absolute Gasteiger partial charge is 0.234 e. The van der Waals surface area contributed by atoms with Crippen LogP contribution >= 0.6 is 11.8 Å². The summed E-state index contributed by atoms with van der Waals surface area (Å²) in [5.41, 5.74) is 2.22. The fraction of sp³-hybridized carbons (Fsp3) is 0.333. The number of carbonyl (C=O) groups is 2. The number of aromatic nitrogens is 3. The van der Waals surface area contributed by atoms with E-state index in [9.17, 15) is 14.0 Å². The number of benzene rings is 2. The van der Waals surface area contributed by atoms with Crippen molar-refractivity contribution in [3.05, 3.63) is 60.2 Å². The van der Waals surface area contributed by atoms with Gasteiger partial charge in [0, 0.05) is 30.0 Å². The first-order valence-corrected chi connectivity index (χ1v) is 12.0. The van der Waals surface area contributed by atoms with Crippen molar-refractivity contribution >= 4 is 35.0 Å². The lowest BCUT2D eigenvalue weighted by atomic mass is 10.2. The molecule has 2 heterocycles. The summed E-state index contributed by atoms with van der Waals surface area (Å²) in [6.45, 7) is 2.73. The first kappa shape index (κ1) is 23.9. The molecule has 34 heavy (non-hydrogen) atoms. The summed E-state index contributed by atoms with van der Waals surface area (Å²) in [5, 5.41) is 12.1. The maximum Gasteiger partial charge on any atom is 0.234 e. The third-order valence-electron chi connectivity index (χ3n) is 5.76. The maximum absolute atomic E-state index is 13.5. The minimum Gasteiger partial charge on any atom is -0.325 e. The normalized spacial score (nSPS) is 14.6. The molecular formula is C24H27FN6O2S. The number of amides is 2. The lowest BCUT2D eigenvalue weighted by molar-refractivity contribution is -0.117. The van der Waals surface area contributed by atoms with Crippen molar-refractivity contribution in [3.8, 4) is 5.69 Å². The van der Waals surface area contributed by atoms with Crippen LogP contribution in [0, 0.1) is 5.82 Å². The highest BCUT2D eigenvalue weighted by Crippen LogP contribution is 2.27. The number of halogens is 1. The number of hydrogen-bond acceptors (Lipinski definition) is 6. The van der Waals surface area contributed by atoms with Crippen LogP contribution in [0.3, 0.4) is 0 Å². The number of hydrogen-bond donors (Lipinski definition) is 1. The molecule has 0 unspecified atom stereocenters. The van der Waals surface area contributed by atoms with Crippen molar-refractivity contribution in [2.45, 2.75) is 31.0 Å². The summed E-state index contributed by atoms with van der Waals surface area (Å²) < 4.78 is 15.3. The van der Waals surface area contributed by atoms with Gasteiger partial charge in [0.05, 0.1) is 11.8 Å². The third kappa shape index (κ3) is 5.28. The number of rotatable bonds is 8. The summed E-state index contributed by atoms with van der Waals surface area (Å²) in [5.74, 6) is 0.439. The van der Waals surface area contributed by atoms with E-state index in [1.807, 2.05) is 42.6 Å². The molecule has 1 aromatic heterocycles. The second kappa shape index (κ2) is 10.4. The van der Waals surface area contributed by atoms with Gasteiger partial charge in [-0.1, -0.05) is 11.8 Å². The first-order valence-electron chi connectivity index (χ1n) is 11.0. The van der Waals surface area contributed by atoms with Gasteiger partial charge in [0.2, 0.25) is 11.8 Å². The molecule has 4 rings (SSSR count). The van der Waals surface area contributed by atoms with E-state index in [0.717, 1.165) is 24.3 Å². The van der Waals surface area contributed by atoms with Crippen LogP contribution in [0.15, 0.2) is 53.7 Å². The average molecular weight is 483 g/mol. The molecule has 1 aliphatic heterocycles. The second-order valence-electron chi connectivity index (χ2n) is 8.32. The van der Waals surface area contributed by atoms with Crippen molar-refractivity contribution in [2.24, 2.45) is 0 Å². The number of nitrogens with one attached hydrogen (secondary N) is 1. The molecular weight excluding hydrogens is 455 g/mol. The highest BCUT2D eigenvalue weighted by atomic mass is 32.2. The molecule has 3 aromatic rings. The lowest BCUT2D eigenvalue weighted by Gasteiger charge is -2.20. The van der Waals surface area contributed by atoms with E-state index in [2.05, 4.69) is 15.5 Å². The van der Waals surface area contributed by atoms with Crippen LogP contribution in [0.25, 0.3) is 5.69 Å². The lowest BCUT2D eigenvalue weighted by Crippen LogP contribution is -2.23. The Morgan fingerprint density at radius 3 is 2.41 bits per heavy atom. The number of thioether (sulfide) groups is 1. The largest absolute Gasteiger partial charge is 0.325 e. The summed E-state index contributed by atoms with van der Waals surface area (Å²) >= 11 is 1.26. The van der Waals surface area contributed by atoms with Gasteiger partial charge in [0.15, 0.2) is 11.0 Å². The zero-order valence-electron chi connectivity index (χ0n) is 19.4. The van der Waals surface area contributed by atoms with Crippen molar-refractivity contribution < 1.29 is 14.0 Å². The van der Waals surface area contributed by atoms with Crippen molar-refractivity contribution in [2.75, 3.05) is 36.6 Å². The zero-order chi connectivity index (χ0) is 24.2. The zero-order valence-corrected chi connectivity index (χ0v) is 20.2. The van der Waals surface area contributed by atoms with E-state index in [4.69, 9.17) is 0 Å². The van der Waals surface area contributed by atoms with E-state index in [1.165, 1.54) is 23.9 Å². The Labute approximate surface area is 202 Å². The van der Waals surface area contributed by atoms with E-state index < -0.39 is 0 Å². The Morgan fingerprint density at radius 1 is 1.12 bits per heavy atom. The van der Waals surface area contributed by atoms with Crippen LogP contribution in [0.2, 0.25) is 0 Å². The summed E-state index contributed by atoms with van der Waals surface area (Å²) in [7, 11) is 3.89. The molecule has 1 saturated heterocycles. The monoisotopic (exact) mass is 482 g/mol. The van der Waals surface area contributed by atoms with Crippen molar-refractivity contribution in [1.82, 2.24) is 19.7 Å². The Bertz CT molecular complexity index is 1160. The fourth-order valence-electron chi connectivity index (χ4n) is 3.68. The van der Waals surface area contributed by atoms with Gasteiger partial charge in [-0.25, -0.2) is 4.39 Å². The topological polar surface area (TPSA) is 83.4 Å². The van der Waals surface area contributed by atoms with Gasteiger partial charge in [-0.05, 0) is 76.0 Å². The van der Waals surface area contributed by atoms with Gasteiger partial charge in [0.25, 0.3) is 0 Å². The van der Waals surface area contributed by atoms with Gasteiger partial charge in [-0.15, -0.1) is 10.2 Å². The molecule has 0 bridgehead atoms. The van der Waals surface area contributed by atoms with Crippen LogP contribution in [0.4, 0.5) is 15.8 Å². The minimum absolute atomic E-state index is 0.0401. The second-order valence-corrected chi connectivity index (χ2v) is 9.27. The molecule has 1 N–H and O–H groups in total. The molecule has 2 amide bonds. The molecule has 0 spiro atoms. The Kier molecular flexibility index (Phi) is 7.28. The molecule has 1 fully saturated rings. The van der Waals surface area contributed by atoms with Crippen LogP contribution in [-0.4, -0.2) is 57.9 Å². The Morgan fingerprint density at radius 2 is 1.79 bits per heavy atom. The molecule has 8 nitrogen and oxygen atoms in total. The fourth-order valence-corrected chi connectivity index (χ4v) is 4.44. The Hall–Kier alpha value is -3.24. The highest BCUT2D eigenvalue weighted by Gasteiger charge is 2.23. The van der Waals surface area contributed by atoms with Gasteiger partial charge < -0.3 is 10.2 Å². The average Bonchev–Trinajstić information content (AvgIpc) is 3.44. The molecule has 1 aliphatic rings. The molecule has 0 aliphatic carbocycles. The predicted molar refractivity (Wildman–Crippen MR) is 131 cm³/mol. The highest BCUT2D eigenvalue weighted by molar-refractivity contribution is 7.99. The van der Waals surface area contributed by atoms with Crippen molar-refractivity contribution in [3.63, 3.8) is 0 Å². The van der Waals surface area contributed by atoms with Crippen LogP contribution < -0.4 is 10.2 Å². The van der Waals surface area contributed by atoms with Crippen LogP contribution in [0.5, 0.6) is 0 Å². The molecule has 0 radical (unpaired) electrons. The molecule has 178 valence electrons. The molecule has 10 heteroatoms. The van der Waals surface area contributed by atoms with Crippen molar-refractivity contribution in [1.29, 1.82) is 0 Å². The van der Waals surface area contributed by atoms with E-state index in [0.29, 0.717) is 23.1 Å². The van der Waals surface area contributed by atoms with Gasteiger partial charge in [-0.2, -0.15) is 0 Å². The first-order chi connectivity index (χ1) is 16.3. The number of carbonyl (C=O) groups excluding carboxylic acids is 2. The molecule has 0 saturated carbocycles. The van der Waals surface area contributed by atoms with E-state index in [1.54, 1.807) is 29.2 Å². The summed E-state index contributed by atoms with van der Waals surface area (Å²) in [6, 6.07) is 13.3. The molecule has 2 aromatic carbocycles. The number of anilines is 2. The van der Waals surface area contributed by atoms with Crippen LogP contribution in [-0.2, 0) is 9.59 Å². The summed E-state index contributed by atoms with van der Waals surface area (Å²) in [4.78, 5) is 28.3.